The molecule has 1 heterocycles. The Morgan fingerprint density at radius 2 is 1.74 bits per heavy atom. The third-order valence-corrected chi connectivity index (χ3v) is 3.99. The summed E-state index contributed by atoms with van der Waals surface area (Å²) in [6, 6.07) is 20.3. The molecule has 0 saturated carbocycles. The van der Waals surface area contributed by atoms with Crippen molar-refractivity contribution in [3.05, 3.63) is 83.6 Å². The lowest BCUT2D eigenvalue weighted by Gasteiger charge is -2.07. The number of hydrogen-bond donors (Lipinski definition) is 2. The van der Waals surface area contributed by atoms with Crippen LogP contribution in [0.2, 0.25) is 0 Å². The van der Waals surface area contributed by atoms with Crippen molar-refractivity contribution in [3.63, 3.8) is 0 Å². The van der Waals surface area contributed by atoms with E-state index in [-0.39, 0.29) is 17.4 Å². The van der Waals surface area contributed by atoms with Crippen LogP contribution in [0.15, 0.2) is 66.7 Å². The number of ketones is 1. The van der Waals surface area contributed by atoms with Crippen molar-refractivity contribution in [2.45, 2.75) is 13.3 Å². The summed E-state index contributed by atoms with van der Waals surface area (Å²) in [5, 5.41) is 13.9. The number of amides is 1. The maximum Gasteiger partial charge on any atom is 0.276 e. The largest absolute Gasteiger partial charge is 0.368 e. The normalized spacial score (nSPS) is 10.3. The van der Waals surface area contributed by atoms with Crippen LogP contribution in [-0.4, -0.2) is 28.4 Å². The average Bonchev–Trinajstić information content (AvgIpc) is 2.69. The van der Waals surface area contributed by atoms with E-state index >= 15 is 0 Å². The second-order valence-electron chi connectivity index (χ2n) is 6.06. The van der Waals surface area contributed by atoms with Crippen molar-refractivity contribution in [2.24, 2.45) is 0 Å². The Morgan fingerprint density at radius 1 is 0.926 bits per heavy atom. The summed E-state index contributed by atoms with van der Waals surface area (Å²) in [6.07, 6.45) is 0.872. The summed E-state index contributed by atoms with van der Waals surface area (Å²) < 4.78 is 0. The lowest BCUT2D eigenvalue weighted by molar-refractivity contribution is 0.100. The number of hydrogen-bond acceptors (Lipinski definition) is 5. The third-order valence-electron chi connectivity index (χ3n) is 3.99. The molecule has 0 aliphatic carbocycles. The van der Waals surface area contributed by atoms with Crippen LogP contribution in [0.5, 0.6) is 0 Å². The monoisotopic (exact) mass is 360 g/mol. The van der Waals surface area contributed by atoms with Gasteiger partial charge in [0.05, 0.1) is 0 Å². The summed E-state index contributed by atoms with van der Waals surface area (Å²) in [4.78, 5) is 23.7. The van der Waals surface area contributed by atoms with Crippen LogP contribution in [0.4, 0.5) is 11.5 Å². The van der Waals surface area contributed by atoms with Gasteiger partial charge in [0.1, 0.15) is 5.82 Å². The summed E-state index contributed by atoms with van der Waals surface area (Å²) in [5.74, 6) is 0.178. The molecule has 6 heteroatoms. The number of rotatable bonds is 7. The highest BCUT2D eigenvalue weighted by molar-refractivity contribution is 6.03. The van der Waals surface area contributed by atoms with Gasteiger partial charge in [0.25, 0.3) is 5.91 Å². The first-order valence-electron chi connectivity index (χ1n) is 8.66. The highest BCUT2D eigenvalue weighted by Crippen LogP contribution is 2.12. The van der Waals surface area contributed by atoms with E-state index in [4.69, 9.17) is 0 Å². The van der Waals surface area contributed by atoms with Crippen LogP contribution in [0.25, 0.3) is 0 Å². The van der Waals surface area contributed by atoms with Gasteiger partial charge in [-0.05, 0) is 43.2 Å². The van der Waals surface area contributed by atoms with Crippen LogP contribution in [0, 0.1) is 0 Å². The Labute approximate surface area is 157 Å². The van der Waals surface area contributed by atoms with E-state index in [0.29, 0.717) is 17.1 Å². The van der Waals surface area contributed by atoms with E-state index in [2.05, 4.69) is 33.0 Å². The lowest BCUT2D eigenvalue weighted by Crippen LogP contribution is -2.15. The van der Waals surface area contributed by atoms with Crippen molar-refractivity contribution in [2.75, 3.05) is 17.2 Å². The van der Waals surface area contributed by atoms with E-state index in [1.54, 1.807) is 36.4 Å². The van der Waals surface area contributed by atoms with E-state index in [9.17, 15) is 9.59 Å². The van der Waals surface area contributed by atoms with Crippen molar-refractivity contribution < 1.29 is 9.59 Å². The highest BCUT2D eigenvalue weighted by atomic mass is 16.2. The summed E-state index contributed by atoms with van der Waals surface area (Å²) in [7, 11) is 0. The van der Waals surface area contributed by atoms with Crippen LogP contribution >= 0.6 is 0 Å². The van der Waals surface area contributed by atoms with Crippen LogP contribution < -0.4 is 10.6 Å². The molecule has 0 saturated heterocycles. The first-order valence-corrected chi connectivity index (χ1v) is 8.66. The molecule has 1 amide bonds. The second kappa shape index (κ2) is 8.71. The molecule has 0 spiro atoms. The minimum Gasteiger partial charge on any atom is -0.368 e. The zero-order valence-electron chi connectivity index (χ0n) is 15.0. The Balaban J connectivity index is 1.55. The Hall–Kier alpha value is -3.54. The van der Waals surface area contributed by atoms with Crippen molar-refractivity contribution in [3.8, 4) is 0 Å². The van der Waals surface area contributed by atoms with E-state index in [1.807, 2.05) is 18.2 Å². The van der Waals surface area contributed by atoms with E-state index in [1.165, 1.54) is 12.5 Å². The molecule has 2 aromatic carbocycles. The van der Waals surface area contributed by atoms with E-state index < -0.39 is 0 Å². The van der Waals surface area contributed by atoms with Gasteiger partial charge in [-0.1, -0.05) is 42.5 Å². The van der Waals surface area contributed by atoms with Gasteiger partial charge in [0.15, 0.2) is 11.5 Å². The van der Waals surface area contributed by atoms with Crippen molar-refractivity contribution in [1.82, 2.24) is 10.2 Å². The predicted octanol–water partition coefficient (Wildman–Crippen LogP) is 3.59. The van der Waals surface area contributed by atoms with Crippen LogP contribution in [0.3, 0.4) is 0 Å². The predicted molar refractivity (Wildman–Crippen MR) is 105 cm³/mol. The molecule has 3 rings (SSSR count). The fourth-order valence-electron chi connectivity index (χ4n) is 2.54. The number of anilines is 2. The van der Waals surface area contributed by atoms with Crippen LogP contribution in [-0.2, 0) is 6.42 Å². The number of carbonyl (C=O) groups excluding carboxylic acids is 2. The number of carbonyl (C=O) groups is 2. The van der Waals surface area contributed by atoms with Gasteiger partial charge in [-0.2, -0.15) is 0 Å². The molecule has 6 nitrogen and oxygen atoms in total. The average molecular weight is 360 g/mol. The fraction of sp³-hybridized carbons (Fsp3) is 0.143. The molecule has 0 atom stereocenters. The van der Waals surface area contributed by atoms with Gasteiger partial charge < -0.3 is 10.6 Å². The second-order valence-corrected chi connectivity index (χ2v) is 6.06. The maximum absolute atomic E-state index is 12.3. The lowest BCUT2D eigenvalue weighted by atomic mass is 10.1. The maximum atomic E-state index is 12.3. The summed E-state index contributed by atoms with van der Waals surface area (Å²) in [5.41, 5.74) is 2.52. The molecular weight excluding hydrogens is 340 g/mol. The standard InChI is InChI=1S/C21H20N4O2/c1-15(26)17-8-5-9-18(14-17)23-21(27)19-10-11-20(25-24-19)22-13-12-16-6-3-2-4-7-16/h2-11,14H,12-13H2,1H3,(H,22,25)(H,23,27). The molecule has 0 aliphatic rings. The highest BCUT2D eigenvalue weighted by Gasteiger charge is 2.10. The topological polar surface area (TPSA) is 84.0 Å². The number of nitrogens with zero attached hydrogens (tertiary/aromatic N) is 2. The Morgan fingerprint density at radius 3 is 2.44 bits per heavy atom. The SMILES string of the molecule is CC(=O)c1cccc(NC(=O)c2ccc(NCCc3ccccc3)nn2)c1. The first kappa shape index (κ1) is 18.3. The molecular formula is C21H20N4O2. The number of nitrogens with one attached hydrogen (secondary N) is 2. The van der Waals surface area contributed by atoms with Gasteiger partial charge in [0, 0.05) is 17.8 Å². The Kier molecular flexibility index (Phi) is 5.89. The minimum atomic E-state index is -0.376. The molecule has 0 fully saturated rings. The zero-order chi connectivity index (χ0) is 19.1. The first-order chi connectivity index (χ1) is 13.1. The van der Waals surface area contributed by atoms with Gasteiger partial charge in [0.2, 0.25) is 0 Å². The minimum absolute atomic E-state index is 0.0585. The van der Waals surface area contributed by atoms with Gasteiger partial charge >= 0.3 is 0 Å². The quantitative estimate of drug-likeness (QED) is 0.629. The molecule has 27 heavy (non-hydrogen) atoms. The van der Waals surface area contributed by atoms with Crippen molar-refractivity contribution >= 4 is 23.2 Å². The molecule has 0 radical (unpaired) electrons. The summed E-state index contributed by atoms with van der Waals surface area (Å²) in [6.45, 7) is 2.21. The summed E-state index contributed by atoms with van der Waals surface area (Å²) >= 11 is 0. The fourth-order valence-corrected chi connectivity index (χ4v) is 2.54. The number of Topliss-reactive ketones (excluding diaryl/α,β-unsaturated/α-hetero) is 1. The van der Waals surface area contributed by atoms with E-state index in [0.717, 1.165) is 13.0 Å². The molecule has 0 aliphatic heterocycles. The molecule has 2 N–H and O–H groups in total. The van der Waals surface area contributed by atoms with Crippen LogP contribution in [0.1, 0.15) is 33.3 Å². The molecule has 1 aromatic heterocycles. The number of aromatic nitrogens is 2. The molecule has 3 aromatic rings. The van der Waals surface area contributed by atoms with Gasteiger partial charge in [-0.25, -0.2) is 0 Å². The van der Waals surface area contributed by atoms with Gasteiger partial charge in [-0.3, -0.25) is 9.59 Å². The molecule has 0 unspecified atom stereocenters. The third kappa shape index (κ3) is 5.22. The molecule has 0 bridgehead atoms. The Bertz CT molecular complexity index is 924. The number of benzene rings is 2. The van der Waals surface area contributed by atoms with Crippen molar-refractivity contribution in [1.29, 1.82) is 0 Å². The smallest absolute Gasteiger partial charge is 0.276 e. The molecule has 136 valence electrons. The zero-order valence-corrected chi connectivity index (χ0v) is 15.0. The van der Waals surface area contributed by atoms with Gasteiger partial charge in [-0.15, -0.1) is 10.2 Å².